The lowest BCUT2D eigenvalue weighted by molar-refractivity contribution is -0.122. The average molecular weight is 246 g/mol. The molecule has 0 aromatic heterocycles. The van der Waals surface area contributed by atoms with Crippen LogP contribution >= 0.6 is 0 Å². The SMILES string of the molecule is CCC1(CNC(=O)[C@H](N)Cc2ccccc2)CC1. The Bertz CT molecular complexity index is 398. The zero-order chi connectivity index (χ0) is 13.0. The topological polar surface area (TPSA) is 55.1 Å². The quantitative estimate of drug-likeness (QED) is 0.805. The molecule has 0 heterocycles. The van der Waals surface area contributed by atoms with Gasteiger partial charge in [0.1, 0.15) is 0 Å². The summed E-state index contributed by atoms with van der Waals surface area (Å²) < 4.78 is 0. The van der Waals surface area contributed by atoms with E-state index in [0.29, 0.717) is 11.8 Å². The van der Waals surface area contributed by atoms with Crippen molar-refractivity contribution in [2.45, 2.75) is 38.6 Å². The summed E-state index contributed by atoms with van der Waals surface area (Å²) in [6, 6.07) is 9.46. The predicted molar refractivity (Wildman–Crippen MR) is 73.1 cm³/mol. The molecule has 0 bridgehead atoms. The van der Waals surface area contributed by atoms with E-state index >= 15 is 0 Å². The Balaban J connectivity index is 1.78. The summed E-state index contributed by atoms with van der Waals surface area (Å²) >= 11 is 0. The molecule has 1 aromatic carbocycles. The maximum atomic E-state index is 11.9. The van der Waals surface area contributed by atoms with Gasteiger partial charge in [0, 0.05) is 6.54 Å². The molecule has 3 nitrogen and oxygen atoms in total. The zero-order valence-electron chi connectivity index (χ0n) is 11.0. The third kappa shape index (κ3) is 3.33. The molecule has 2 rings (SSSR count). The van der Waals surface area contributed by atoms with Crippen LogP contribution in [0.2, 0.25) is 0 Å². The predicted octanol–water partition coefficient (Wildman–Crippen LogP) is 1.86. The smallest absolute Gasteiger partial charge is 0.237 e. The second kappa shape index (κ2) is 5.53. The van der Waals surface area contributed by atoms with E-state index in [1.54, 1.807) is 0 Å². The highest BCUT2D eigenvalue weighted by atomic mass is 16.2. The highest BCUT2D eigenvalue weighted by Crippen LogP contribution is 2.47. The lowest BCUT2D eigenvalue weighted by atomic mass is 10.0. The fraction of sp³-hybridized carbons (Fsp3) is 0.533. The van der Waals surface area contributed by atoms with E-state index in [-0.39, 0.29) is 5.91 Å². The average Bonchev–Trinajstić information content (AvgIpc) is 3.18. The minimum absolute atomic E-state index is 0.0291. The van der Waals surface area contributed by atoms with Crippen LogP contribution in [0.5, 0.6) is 0 Å². The van der Waals surface area contributed by atoms with Crippen molar-refractivity contribution < 1.29 is 4.79 Å². The van der Waals surface area contributed by atoms with Crippen LogP contribution in [0.25, 0.3) is 0 Å². The van der Waals surface area contributed by atoms with E-state index in [1.807, 2.05) is 30.3 Å². The number of amides is 1. The van der Waals surface area contributed by atoms with Crippen molar-refractivity contribution in [3.05, 3.63) is 35.9 Å². The molecule has 1 fully saturated rings. The number of carbonyl (C=O) groups excluding carboxylic acids is 1. The summed E-state index contributed by atoms with van der Waals surface area (Å²) in [7, 11) is 0. The molecule has 1 saturated carbocycles. The molecule has 98 valence electrons. The highest BCUT2D eigenvalue weighted by Gasteiger charge is 2.40. The fourth-order valence-corrected chi connectivity index (χ4v) is 2.20. The van der Waals surface area contributed by atoms with Gasteiger partial charge in [-0.3, -0.25) is 4.79 Å². The first-order valence-electron chi connectivity index (χ1n) is 6.72. The largest absolute Gasteiger partial charge is 0.354 e. The van der Waals surface area contributed by atoms with Gasteiger partial charge in [-0.25, -0.2) is 0 Å². The fourth-order valence-electron chi connectivity index (χ4n) is 2.20. The Kier molecular flexibility index (Phi) is 4.02. The van der Waals surface area contributed by atoms with Crippen LogP contribution in [-0.2, 0) is 11.2 Å². The van der Waals surface area contributed by atoms with E-state index in [9.17, 15) is 4.79 Å². The van der Waals surface area contributed by atoms with Crippen LogP contribution in [0.15, 0.2) is 30.3 Å². The Morgan fingerprint density at radius 3 is 2.61 bits per heavy atom. The van der Waals surface area contributed by atoms with Crippen LogP contribution in [0.1, 0.15) is 31.7 Å². The molecular formula is C15H22N2O. The first kappa shape index (κ1) is 13.1. The number of rotatable bonds is 6. The minimum Gasteiger partial charge on any atom is -0.354 e. The standard InChI is InChI=1S/C15H22N2O/c1-2-15(8-9-15)11-17-14(18)13(16)10-12-6-4-3-5-7-12/h3-7,13H,2,8-11,16H2,1H3,(H,17,18)/t13-/m1/s1. The van der Waals surface area contributed by atoms with Crippen molar-refractivity contribution in [3.8, 4) is 0 Å². The molecule has 3 N–H and O–H groups in total. The Hall–Kier alpha value is -1.35. The van der Waals surface area contributed by atoms with Crippen molar-refractivity contribution in [2.24, 2.45) is 11.1 Å². The molecule has 0 unspecified atom stereocenters. The van der Waals surface area contributed by atoms with E-state index in [0.717, 1.165) is 18.5 Å². The van der Waals surface area contributed by atoms with Crippen molar-refractivity contribution in [2.75, 3.05) is 6.54 Å². The van der Waals surface area contributed by atoms with Crippen molar-refractivity contribution in [3.63, 3.8) is 0 Å². The summed E-state index contributed by atoms with van der Waals surface area (Å²) in [5.41, 5.74) is 7.41. The Labute approximate surface area is 109 Å². The van der Waals surface area contributed by atoms with Gasteiger partial charge in [-0.1, -0.05) is 37.3 Å². The number of benzene rings is 1. The van der Waals surface area contributed by atoms with E-state index < -0.39 is 6.04 Å². The third-order valence-electron chi connectivity index (χ3n) is 3.98. The molecule has 18 heavy (non-hydrogen) atoms. The maximum absolute atomic E-state index is 11.9. The van der Waals surface area contributed by atoms with Gasteiger partial charge in [-0.2, -0.15) is 0 Å². The molecule has 0 saturated heterocycles. The molecular weight excluding hydrogens is 224 g/mol. The van der Waals surface area contributed by atoms with Crippen LogP contribution in [-0.4, -0.2) is 18.5 Å². The Morgan fingerprint density at radius 2 is 2.06 bits per heavy atom. The lowest BCUT2D eigenvalue weighted by Crippen LogP contribution is -2.43. The van der Waals surface area contributed by atoms with Crippen LogP contribution in [0, 0.1) is 5.41 Å². The molecule has 1 amide bonds. The summed E-state index contributed by atoms with van der Waals surface area (Å²) in [6.45, 7) is 2.97. The Morgan fingerprint density at radius 1 is 1.39 bits per heavy atom. The zero-order valence-corrected chi connectivity index (χ0v) is 11.0. The van der Waals surface area contributed by atoms with Crippen molar-refractivity contribution >= 4 is 5.91 Å². The van der Waals surface area contributed by atoms with Gasteiger partial charge in [-0.15, -0.1) is 0 Å². The molecule has 3 heteroatoms. The van der Waals surface area contributed by atoms with Gasteiger partial charge in [0.05, 0.1) is 6.04 Å². The molecule has 1 atom stereocenters. The molecule has 0 aliphatic heterocycles. The van der Waals surface area contributed by atoms with Crippen LogP contribution < -0.4 is 11.1 Å². The van der Waals surface area contributed by atoms with Gasteiger partial charge in [0.25, 0.3) is 0 Å². The van der Waals surface area contributed by atoms with E-state index in [2.05, 4.69) is 12.2 Å². The van der Waals surface area contributed by atoms with E-state index in [4.69, 9.17) is 5.73 Å². The van der Waals surface area contributed by atoms with Crippen molar-refractivity contribution in [1.29, 1.82) is 0 Å². The normalized spacial score (nSPS) is 18.1. The molecule has 1 aliphatic rings. The van der Waals surface area contributed by atoms with Gasteiger partial charge in [0.15, 0.2) is 0 Å². The number of carbonyl (C=O) groups is 1. The summed E-state index contributed by atoms with van der Waals surface area (Å²) in [5.74, 6) is -0.0291. The van der Waals surface area contributed by atoms with Gasteiger partial charge in [0.2, 0.25) is 5.91 Å². The number of hydrogen-bond acceptors (Lipinski definition) is 2. The van der Waals surface area contributed by atoms with Gasteiger partial charge in [-0.05, 0) is 36.7 Å². The van der Waals surface area contributed by atoms with Crippen LogP contribution in [0.3, 0.4) is 0 Å². The summed E-state index contributed by atoms with van der Waals surface area (Å²) in [4.78, 5) is 11.9. The number of nitrogens with one attached hydrogen (secondary N) is 1. The highest BCUT2D eigenvalue weighted by molar-refractivity contribution is 5.81. The number of hydrogen-bond donors (Lipinski definition) is 2. The minimum atomic E-state index is -0.444. The first-order chi connectivity index (χ1) is 8.65. The summed E-state index contributed by atoms with van der Waals surface area (Å²) in [5, 5.41) is 2.99. The van der Waals surface area contributed by atoms with Crippen molar-refractivity contribution in [1.82, 2.24) is 5.32 Å². The third-order valence-corrected chi connectivity index (χ3v) is 3.98. The molecule has 0 radical (unpaired) electrons. The molecule has 1 aliphatic carbocycles. The molecule has 1 aromatic rings. The van der Waals surface area contributed by atoms with Gasteiger partial charge < -0.3 is 11.1 Å². The first-order valence-corrected chi connectivity index (χ1v) is 6.72. The monoisotopic (exact) mass is 246 g/mol. The maximum Gasteiger partial charge on any atom is 0.237 e. The van der Waals surface area contributed by atoms with E-state index in [1.165, 1.54) is 12.8 Å². The summed E-state index contributed by atoms with van der Waals surface area (Å²) in [6.07, 6.45) is 4.21. The lowest BCUT2D eigenvalue weighted by Gasteiger charge is -2.16. The van der Waals surface area contributed by atoms with Crippen LogP contribution in [0.4, 0.5) is 0 Å². The second-order valence-corrected chi connectivity index (χ2v) is 5.37. The second-order valence-electron chi connectivity index (χ2n) is 5.37. The number of nitrogens with two attached hydrogens (primary N) is 1. The molecule has 0 spiro atoms. The van der Waals surface area contributed by atoms with Gasteiger partial charge >= 0.3 is 0 Å².